The maximum absolute atomic E-state index is 12.1. The molecule has 8 heteroatoms. The highest BCUT2D eigenvalue weighted by atomic mass is 35.5. The number of aromatic nitrogens is 2. The molecule has 1 atom stereocenters. The van der Waals surface area contributed by atoms with Gasteiger partial charge in [0.1, 0.15) is 11.5 Å². The summed E-state index contributed by atoms with van der Waals surface area (Å²) in [7, 11) is 0. The molecule has 3 aromatic rings. The Morgan fingerprint density at radius 2 is 2.08 bits per heavy atom. The lowest BCUT2D eigenvalue weighted by molar-refractivity contribution is -0.152. The molecule has 0 aliphatic heterocycles. The fraction of sp³-hybridized carbons (Fsp3) is 0.176. The summed E-state index contributed by atoms with van der Waals surface area (Å²) in [4.78, 5) is 28.0. The number of nitrogens with zero attached hydrogens (tertiary/aromatic N) is 2. The minimum Gasteiger partial charge on any atom is -0.452 e. The standard InChI is InChI=1S/C17H14ClN3O4/c1-10(17(23)20-15-7-6-11(18)9-19-15)24-16(22)8-13-12-4-2-3-5-14(12)25-21-13/h2-7,9-10H,8H2,1H3,(H,19,20,23)/t10-/m0/s1. The van der Waals surface area contributed by atoms with Gasteiger partial charge in [0.25, 0.3) is 5.91 Å². The van der Waals surface area contributed by atoms with Crippen molar-refractivity contribution in [2.45, 2.75) is 19.4 Å². The predicted molar refractivity (Wildman–Crippen MR) is 91.1 cm³/mol. The van der Waals surface area contributed by atoms with E-state index in [0.717, 1.165) is 5.39 Å². The van der Waals surface area contributed by atoms with Crippen LogP contribution >= 0.6 is 11.6 Å². The molecule has 0 aliphatic carbocycles. The second-order valence-electron chi connectivity index (χ2n) is 5.29. The summed E-state index contributed by atoms with van der Waals surface area (Å²) in [6.07, 6.45) is 0.334. The van der Waals surface area contributed by atoms with Gasteiger partial charge in [-0.15, -0.1) is 0 Å². The first-order chi connectivity index (χ1) is 12.0. The van der Waals surface area contributed by atoms with Gasteiger partial charge in [-0.25, -0.2) is 4.98 Å². The highest BCUT2D eigenvalue weighted by Crippen LogP contribution is 2.18. The van der Waals surface area contributed by atoms with Crippen molar-refractivity contribution in [1.29, 1.82) is 0 Å². The van der Waals surface area contributed by atoms with Gasteiger partial charge in [0.05, 0.1) is 11.4 Å². The fourth-order valence-electron chi connectivity index (χ4n) is 2.17. The number of hydrogen-bond acceptors (Lipinski definition) is 6. The maximum atomic E-state index is 12.1. The molecule has 128 valence electrons. The van der Waals surface area contributed by atoms with E-state index in [0.29, 0.717) is 22.1 Å². The summed E-state index contributed by atoms with van der Waals surface area (Å²) < 4.78 is 10.3. The Morgan fingerprint density at radius 1 is 1.28 bits per heavy atom. The Morgan fingerprint density at radius 3 is 2.84 bits per heavy atom. The minimum absolute atomic E-state index is 0.0895. The minimum atomic E-state index is -0.983. The highest BCUT2D eigenvalue weighted by molar-refractivity contribution is 6.30. The molecular formula is C17H14ClN3O4. The van der Waals surface area contributed by atoms with Crippen LogP contribution in [0.4, 0.5) is 5.82 Å². The van der Waals surface area contributed by atoms with Crippen LogP contribution in [0.2, 0.25) is 5.02 Å². The second kappa shape index (κ2) is 7.31. The SMILES string of the molecule is C[C@H](OC(=O)Cc1noc2ccccc12)C(=O)Nc1ccc(Cl)cn1. The molecule has 0 fully saturated rings. The van der Waals surface area contributed by atoms with Crippen molar-refractivity contribution in [3.63, 3.8) is 0 Å². The van der Waals surface area contributed by atoms with Gasteiger partial charge in [0, 0.05) is 11.6 Å². The molecule has 7 nitrogen and oxygen atoms in total. The topological polar surface area (TPSA) is 94.3 Å². The summed E-state index contributed by atoms with van der Waals surface area (Å²) in [6, 6.07) is 10.3. The number of fused-ring (bicyclic) bond motifs is 1. The average Bonchev–Trinajstić information content (AvgIpc) is 3.00. The third-order valence-corrected chi connectivity index (χ3v) is 3.64. The Kier molecular flexibility index (Phi) is 4.95. The second-order valence-corrected chi connectivity index (χ2v) is 5.72. The first-order valence-electron chi connectivity index (χ1n) is 7.48. The Labute approximate surface area is 147 Å². The molecule has 25 heavy (non-hydrogen) atoms. The van der Waals surface area contributed by atoms with E-state index in [1.54, 1.807) is 24.3 Å². The molecule has 0 saturated carbocycles. The van der Waals surface area contributed by atoms with Gasteiger partial charge in [0.2, 0.25) is 0 Å². The van der Waals surface area contributed by atoms with E-state index in [-0.39, 0.29) is 6.42 Å². The molecule has 0 saturated heterocycles. The van der Waals surface area contributed by atoms with Crippen LogP contribution in [0.1, 0.15) is 12.6 Å². The van der Waals surface area contributed by atoms with Crippen LogP contribution in [0.5, 0.6) is 0 Å². The predicted octanol–water partition coefficient (Wildman–Crippen LogP) is 2.99. The number of amides is 1. The fourth-order valence-corrected chi connectivity index (χ4v) is 2.28. The molecule has 3 rings (SSSR count). The number of rotatable bonds is 5. The smallest absolute Gasteiger partial charge is 0.312 e. The Bertz CT molecular complexity index is 908. The lowest BCUT2D eigenvalue weighted by atomic mass is 10.2. The van der Waals surface area contributed by atoms with Gasteiger partial charge in [-0.2, -0.15) is 0 Å². The van der Waals surface area contributed by atoms with Crippen LogP contribution in [0, 0.1) is 0 Å². The lowest BCUT2D eigenvalue weighted by Gasteiger charge is -2.12. The number of halogens is 1. The maximum Gasteiger partial charge on any atom is 0.312 e. The van der Waals surface area contributed by atoms with Crippen LogP contribution in [-0.4, -0.2) is 28.1 Å². The largest absolute Gasteiger partial charge is 0.452 e. The number of hydrogen-bond donors (Lipinski definition) is 1. The van der Waals surface area contributed by atoms with Gasteiger partial charge < -0.3 is 14.6 Å². The van der Waals surface area contributed by atoms with Crippen molar-refractivity contribution < 1.29 is 18.8 Å². The molecule has 0 radical (unpaired) electrons. The van der Waals surface area contributed by atoms with Crippen LogP contribution in [0.15, 0.2) is 47.1 Å². The molecule has 0 aliphatic rings. The van der Waals surface area contributed by atoms with Gasteiger partial charge in [-0.1, -0.05) is 28.9 Å². The zero-order valence-corrected chi connectivity index (χ0v) is 14.0. The van der Waals surface area contributed by atoms with E-state index in [1.165, 1.54) is 13.1 Å². The molecule has 1 aromatic carbocycles. The first-order valence-corrected chi connectivity index (χ1v) is 7.86. The van der Waals surface area contributed by atoms with Crippen molar-refractivity contribution in [2.24, 2.45) is 0 Å². The molecule has 0 bridgehead atoms. The number of anilines is 1. The number of carbonyl (C=O) groups is 2. The van der Waals surface area contributed by atoms with Gasteiger partial charge in [0.15, 0.2) is 11.7 Å². The highest BCUT2D eigenvalue weighted by Gasteiger charge is 2.20. The number of para-hydroxylation sites is 1. The molecule has 2 aromatic heterocycles. The number of carbonyl (C=O) groups excluding carboxylic acids is 2. The van der Waals surface area contributed by atoms with Gasteiger partial charge in [-0.05, 0) is 31.2 Å². The zero-order chi connectivity index (χ0) is 17.8. The zero-order valence-electron chi connectivity index (χ0n) is 13.2. The van der Waals surface area contributed by atoms with Crippen LogP contribution < -0.4 is 5.32 Å². The summed E-state index contributed by atoms with van der Waals surface area (Å²) in [5.41, 5.74) is 1.05. The molecule has 1 amide bonds. The number of ether oxygens (including phenoxy) is 1. The number of nitrogens with one attached hydrogen (secondary N) is 1. The monoisotopic (exact) mass is 359 g/mol. The number of benzene rings is 1. The van der Waals surface area contributed by atoms with Crippen molar-refractivity contribution in [3.05, 3.63) is 53.3 Å². The summed E-state index contributed by atoms with van der Waals surface area (Å²) >= 11 is 5.73. The third-order valence-electron chi connectivity index (χ3n) is 3.42. The molecule has 0 unspecified atom stereocenters. The average molecular weight is 360 g/mol. The summed E-state index contributed by atoms with van der Waals surface area (Å²) in [5, 5.41) is 7.60. The normalized spacial score (nSPS) is 11.9. The van der Waals surface area contributed by atoms with E-state index < -0.39 is 18.0 Å². The number of esters is 1. The quantitative estimate of drug-likeness (QED) is 0.704. The Hall–Kier alpha value is -2.93. The molecule has 0 spiro atoms. The van der Waals surface area contributed by atoms with Crippen molar-refractivity contribution >= 4 is 40.3 Å². The molecule has 2 heterocycles. The van der Waals surface area contributed by atoms with Crippen molar-refractivity contribution in [2.75, 3.05) is 5.32 Å². The molecular weight excluding hydrogens is 346 g/mol. The van der Waals surface area contributed by atoms with Crippen LogP contribution in [0.3, 0.4) is 0 Å². The van der Waals surface area contributed by atoms with Crippen molar-refractivity contribution in [3.8, 4) is 0 Å². The summed E-state index contributed by atoms with van der Waals surface area (Å²) in [5.74, 6) is -0.751. The van der Waals surface area contributed by atoms with E-state index in [2.05, 4.69) is 15.5 Å². The van der Waals surface area contributed by atoms with Crippen molar-refractivity contribution in [1.82, 2.24) is 10.1 Å². The summed E-state index contributed by atoms with van der Waals surface area (Å²) in [6.45, 7) is 1.48. The van der Waals surface area contributed by atoms with E-state index in [4.69, 9.17) is 20.9 Å². The lowest BCUT2D eigenvalue weighted by Crippen LogP contribution is -2.30. The van der Waals surface area contributed by atoms with E-state index in [1.807, 2.05) is 12.1 Å². The van der Waals surface area contributed by atoms with E-state index >= 15 is 0 Å². The number of pyridine rings is 1. The Balaban J connectivity index is 1.58. The van der Waals surface area contributed by atoms with Crippen LogP contribution in [0.25, 0.3) is 11.0 Å². The van der Waals surface area contributed by atoms with Gasteiger partial charge >= 0.3 is 5.97 Å². The van der Waals surface area contributed by atoms with Crippen LogP contribution in [-0.2, 0) is 20.7 Å². The van der Waals surface area contributed by atoms with Gasteiger partial charge in [-0.3, -0.25) is 9.59 Å². The first kappa shape index (κ1) is 16.9. The van der Waals surface area contributed by atoms with E-state index in [9.17, 15) is 9.59 Å². The third kappa shape index (κ3) is 4.13. The molecule has 1 N–H and O–H groups in total.